The Morgan fingerprint density at radius 2 is 2.11 bits per heavy atom. The molecule has 0 saturated heterocycles. The molecular formula is C13H16N2O3S. The topological polar surface area (TPSA) is 79.3 Å². The molecule has 0 aliphatic carbocycles. The maximum absolute atomic E-state index is 12.3. The highest BCUT2D eigenvalue weighted by atomic mass is 32.2. The fraction of sp³-hybridized carbons (Fsp3) is 0.308. The standard InChI is InChI=1S/C13H16N2O3S/c1-2-10(9-16)15-19(17,18)13-7-3-6-12-11(13)5-4-8-14-12/h3-8,10,15-16H,2,9H2,1H3. The molecule has 0 spiro atoms. The molecule has 0 radical (unpaired) electrons. The Morgan fingerprint density at radius 3 is 2.79 bits per heavy atom. The van der Waals surface area contributed by atoms with E-state index in [-0.39, 0.29) is 11.5 Å². The zero-order valence-electron chi connectivity index (χ0n) is 10.6. The molecule has 102 valence electrons. The summed E-state index contributed by atoms with van der Waals surface area (Å²) in [4.78, 5) is 4.32. The molecule has 2 rings (SSSR count). The predicted octanol–water partition coefficient (Wildman–Crippen LogP) is 1.28. The second kappa shape index (κ2) is 5.64. The third-order valence-electron chi connectivity index (χ3n) is 2.93. The smallest absolute Gasteiger partial charge is 0.241 e. The number of sulfonamides is 1. The summed E-state index contributed by atoms with van der Waals surface area (Å²) >= 11 is 0. The average Bonchev–Trinajstić information content (AvgIpc) is 2.44. The third kappa shape index (κ3) is 2.91. The average molecular weight is 280 g/mol. The summed E-state index contributed by atoms with van der Waals surface area (Å²) in [6.07, 6.45) is 2.15. The number of aliphatic hydroxyl groups excluding tert-OH is 1. The lowest BCUT2D eigenvalue weighted by molar-refractivity contribution is 0.254. The second-order valence-corrected chi connectivity index (χ2v) is 5.92. The molecule has 6 heteroatoms. The van der Waals surface area contributed by atoms with E-state index in [1.54, 1.807) is 30.5 Å². The number of aromatic nitrogens is 1. The number of rotatable bonds is 5. The van der Waals surface area contributed by atoms with Crippen LogP contribution in [0.1, 0.15) is 13.3 Å². The van der Waals surface area contributed by atoms with Crippen molar-refractivity contribution < 1.29 is 13.5 Å². The van der Waals surface area contributed by atoms with Crippen LogP contribution in [0.3, 0.4) is 0 Å². The van der Waals surface area contributed by atoms with Gasteiger partial charge in [0.25, 0.3) is 0 Å². The van der Waals surface area contributed by atoms with Crippen molar-refractivity contribution in [1.82, 2.24) is 9.71 Å². The van der Waals surface area contributed by atoms with E-state index in [0.29, 0.717) is 17.3 Å². The van der Waals surface area contributed by atoms with Crippen LogP contribution >= 0.6 is 0 Å². The van der Waals surface area contributed by atoms with Crippen molar-refractivity contribution in [2.75, 3.05) is 6.61 Å². The lowest BCUT2D eigenvalue weighted by atomic mass is 10.2. The Morgan fingerprint density at radius 1 is 1.32 bits per heavy atom. The van der Waals surface area contributed by atoms with Crippen molar-refractivity contribution in [2.24, 2.45) is 0 Å². The largest absolute Gasteiger partial charge is 0.395 e. The number of nitrogens with one attached hydrogen (secondary N) is 1. The van der Waals surface area contributed by atoms with E-state index in [4.69, 9.17) is 5.11 Å². The molecule has 1 aromatic heterocycles. The quantitative estimate of drug-likeness (QED) is 0.865. The van der Waals surface area contributed by atoms with Crippen LogP contribution < -0.4 is 4.72 Å². The zero-order valence-corrected chi connectivity index (χ0v) is 11.4. The predicted molar refractivity (Wildman–Crippen MR) is 73.2 cm³/mol. The summed E-state index contributed by atoms with van der Waals surface area (Å²) in [5, 5.41) is 9.68. The van der Waals surface area contributed by atoms with Crippen LogP contribution in [0.2, 0.25) is 0 Å². The molecule has 0 fully saturated rings. The van der Waals surface area contributed by atoms with Crippen molar-refractivity contribution in [3.05, 3.63) is 36.5 Å². The number of nitrogens with zero attached hydrogens (tertiary/aromatic N) is 1. The second-order valence-electron chi connectivity index (χ2n) is 4.24. The van der Waals surface area contributed by atoms with Crippen LogP contribution in [0.25, 0.3) is 10.9 Å². The molecule has 0 saturated carbocycles. The van der Waals surface area contributed by atoms with Gasteiger partial charge < -0.3 is 5.11 Å². The van der Waals surface area contributed by atoms with Gasteiger partial charge in [-0.3, -0.25) is 4.98 Å². The lowest BCUT2D eigenvalue weighted by Crippen LogP contribution is -2.36. The van der Waals surface area contributed by atoms with Gasteiger partial charge >= 0.3 is 0 Å². The van der Waals surface area contributed by atoms with Gasteiger partial charge in [0.15, 0.2) is 0 Å². The SMILES string of the molecule is CCC(CO)NS(=O)(=O)c1cccc2ncccc12. The Bertz CT molecular complexity index is 661. The minimum atomic E-state index is -3.66. The van der Waals surface area contributed by atoms with E-state index in [1.807, 2.05) is 6.92 Å². The first-order valence-corrected chi connectivity index (χ1v) is 7.53. The number of hydrogen-bond donors (Lipinski definition) is 2. The fourth-order valence-electron chi connectivity index (χ4n) is 1.84. The molecule has 0 amide bonds. The van der Waals surface area contributed by atoms with Crippen molar-refractivity contribution in [3.63, 3.8) is 0 Å². The number of pyridine rings is 1. The number of hydrogen-bond acceptors (Lipinski definition) is 4. The molecule has 1 unspecified atom stereocenters. The number of aliphatic hydroxyl groups is 1. The van der Waals surface area contributed by atoms with Crippen LogP contribution in [0.4, 0.5) is 0 Å². The summed E-state index contributed by atoms with van der Waals surface area (Å²) in [6, 6.07) is 7.90. The first-order valence-electron chi connectivity index (χ1n) is 6.05. The fourth-order valence-corrected chi connectivity index (χ4v) is 3.37. The molecule has 1 heterocycles. The van der Waals surface area contributed by atoms with Crippen molar-refractivity contribution in [3.8, 4) is 0 Å². The minimum Gasteiger partial charge on any atom is -0.395 e. The maximum atomic E-state index is 12.3. The molecule has 2 N–H and O–H groups in total. The van der Waals surface area contributed by atoms with E-state index in [1.165, 1.54) is 6.07 Å². The van der Waals surface area contributed by atoms with Crippen molar-refractivity contribution in [1.29, 1.82) is 0 Å². The molecule has 5 nitrogen and oxygen atoms in total. The van der Waals surface area contributed by atoms with Crippen molar-refractivity contribution in [2.45, 2.75) is 24.3 Å². The molecule has 1 atom stereocenters. The van der Waals surface area contributed by atoms with Crippen LogP contribution in [0.15, 0.2) is 41.4 Å². The molecular weight excluding hydrogens is 264 g/mol. The Labute approximate surface area is 112 Å². The van der Waals surface area contributed by atoms with Gasteiger partial charge in [0.2, 0.25) is 10.0 Å². The molecule has 0 aliphatic rings. The summed E-state index contributed by atoms with van der Waals surface area (Å²) in [6.45, 7) is 1.59. The number of benzene rings is 1. The van der Waals surface area contributed by atoms with Gasteiger partial charge in [-0.2, -0.15) is 0 Å². The Kier molecular flexibility index (Phi) is 4.14. The normalized spacial score (nSPS) is 13.6. The maximum Gasteiger partial charge on any atom is 0.241 e. The van der Waals surface area contributed by atoms with Gasteiger partial charge in [0.05, 0.1) is 17.0 Å². The molecule has 0 bridgehead atoms. The van der Waals surface area contributed by atoms with Crippen LogP contribution in [0.5, 0.6) is 0 Å². The number of fused-ring (bicyclic) bond motifs is 1. The lowest BCUT2D eigenvalue weighted by Gasteiger charge is -2.15. The highest BCUT2D eigenvalue weighted by Gasteiger charge is 2.20. The van der Waals surface area contributed by atoms with Crippen LogP contribution in [-0.2, 0) is 10.0 Å². The van der Waals surface area contributed by atoms with Gasteiger partial charge in [-0.05, 0) is 30.7 Å². The van der Waals surface area contributed by atoms with Crippen LogP contribution in [0, 0.1) is 0 Å². The molecule has 1 aromatic carbocycles. The van der Waals surface area contributed by atoms with Gasteiger partial charge in [-0.25, -0.2) is 13.1 Å². The van der Waals surface area contributed by atoms with E-state index in [2.05, 4.69) is 9.71 Å². The van der Waals surface area contributed by atoms with Gasteiger partial charge in [-0.15, -0.1) is 0 Å². The Hall–Kier alpha value is -1.50. The summed E-state index contributed by atoms with van der Waals surface area (Å²) < 4.78 is 27.1. The highest BCUT2D eigenvalue weighted by Crippen LogP contribution is 2.21. The third-order valence-corrected chi connectivity index (χ3v) is 4.51. The van der Waals surface area contributed by atoms with Gasteiger partial charge in [0.1, 0.15) is 0 Å². The summed E-state index contributed by atoms with van der Waals surface area (Å²) in [5.74, 6) is 0. The molecule has 19 heavy (non-hydrogen) atoms. The zero-order chi connectivity index (χ0) is 13.9. The minimum absolute atomic E-state index is 0.185. The summed E-state index contributed by atoms with van der Waals surface area (Å²) in [7, 11) is -3.66. The molecule has 2 aromatic rings. The first-order chi connectivity index (χ1) is 9.08. The highest BCUT2D eigenvalue weighted by molar-refractivity contribution is 7.89. The van der Waals surface area contributed by atoms with E-state index in [0.717, 1.165) is 0 Å². The summed E-state index contributed by atoms with van der Waals surface area (Å²) in [5.41, 5.74) is 0.627. The van der Waals surface area contributed by atoms with E-state index < -0.39 is 16.1 Å². The Balaban J connectivity index is 2.49. The van der Waals surface area contributed by atoms with E-state index in [9.17, 15) is 8.42 Å². The van der Waals surface area contributed by atoms with Crippen LogP contribution in [-0.4, -0.2) is 31.2 Å². The van der Waals surface area contributed by atoms with Crippen molar-refractivity contribution >= 4 is 20.9 Å². The monoisotopic (exact) mass is 280 g/mol. The molecule has 0 aliphatic heterocycles. The van der Waals surface area contributed by atoms with Gasteiger partial charge in [0, 0.05) is 17.6 Å². The van der Waals surface area contributed by atoms with E-state index >= 15 is 0 Å². The van der Waals surface area contributed by atoms with Gasteiger partial charge in [-0.1, -0.05) is 13.0 Å². The first kappa shape index (κ1) is 13.9.